The number of nitrogens with zero attached hydrogens (tertiary/aromatic N) is 2. The Morgan fingerprint density at radius 2 is 1.73 bits per heavy atom. The number of benzene rings is 2. The maximum absolute atomic E-state index is 13.9. The van der Waals surface area contributed by atoms with E-state index in [1.807, 2.05) is 35.2 Å². The van der Waals surface area contributed by atoms with Gasteiger partial charge in [0.05, 0.1) is 5.60 Å². The highest BCUT2D eigenvalue weighted by atomic mass is 35.5. The van der Waals surface area contributed by atoms with Crippen LogP contribution in [0.3, 0.4) is 0 Å². The number of piperazine rings is 1. The van der Waals surface area contributed by atoms with E-state index >= 15 is 0 Å². The normalized spacial score (nSPS) is 21.1. The Balaban J connectivity index is 0.00000461. The number of carbonyl (C=O) groups is 3. The van der Waals surface area contributed by atoms with Crippen molar-refractivity contribution in [3.63, 3.8) is 0 Å². The molecule has 1 aliphatic carbocycles. The standard InChI is InChI=1S/C35H48N4O5.ClH/c1-3-4-19-39-32(41)30(23-34(43)15-6-5-7-16-34)37-33(42)35(39)17-20-38(21-18-35)24-27-9-8-10-29(22-27)44-25-26-11-13-28(14-12-26)31(40)36-2;/h8-14,22,30,43H,3-7,15-21,23-25H2,1-2H3,(H,36,40)(H,37,42);1H/t30-;/m1./s1. The molecule has 1 saturated carbocycles. The lowest BCUT2D eigenvalue weighted by atomic mass is 9.77. The Hall–Kier alpha value is -3.14. The van der Waals surface area contributed by atoms with Crippen LogP contribution in [0.4, 0.5) is 0 Å². The molecule has 1 spiro atoms. The molecule has 0 radical (unpaired) electrons. The summed E-state index contributed by atoms with van der Waals surface area (Å²) in [5.41, 5.74) is 1.02. The molecular weight excluding hydrogens is 592 g/mol. The number of hydrogen-bond donors (Lipinski definition) is 3. The highest BCUT2D eigenvalue weighted by molar-refractivity contribution is 6.00. The molecule has 0 aromatic heterocycles. The molecule has 2 saturated heterocycles. The van der Waals surface area contributed by atoms with Crippen molar-refractivity contribution >= 4 is 30.1 Å². The minimum atomic E-state index is -0.869. The third-order valence-electron chi connectivity index (χ3n) is 9.75. The van der Waals surface area contributed by atoms with Crippen LogP contribution < -0.4 is 15.4 Å². The van der Waals surface area contributed by atoms with Gasteiger partial charge in [-0.3, -0.25) is 19.3 Å². The van der Waals surface area contributed by atoms with Gasteiger partial charge in [-0.05, 0) is 67.5 Å². The van der Waals surface area contributed by atoms with Crippen molar-refractivity contribution in [1.82, 2.24) is 20.4 Å². The van der Waals surface area contributed by atoms with E-state index in [1.54, 1.807) is 19.2 Å². The summed E-state index contributed by atoms with van der Waals surface area (Å²) in [5, 5.41) is 16.9. The Labute approximate surface area is 273 Å². The number of ether oxygens (including phenoxy) is 1. The average Bonchev–Trinajstić information content (AvgIpc) is 3.04. The summed E-state index contributed by atoms with van der Waals surface area (Å²) in [4.78, 5) is 43.6. The number of rotatable bonds is 11. The second-order valence-electron chi connectivity index (χ2n) is 12.9. The van der Waals surface area contributed by atoms with Gasteiger partial charge in [0.25, 0.3) is 5.91 Å². The zero-order valence-electron chi connectivity index (χ0n) is 26.7. The van der Waals surface area contributed by atoms with Crippen molar-refractivity contribution in [2.24, 2.45) is 0 Å². The zero-order valence-corrected chi connectivity index (χ0v) is 27.5. The summed E-state index contributed by atoms with van der Waals surface area (Å²) in [6.07, 6.45) is 7.72. The van der Waals surface area contributed by atoms with Crippen LogP contribution in [-0.4, -0.2) is 76.5 Å². The summed E-state index contributed by atoms with van der Waals surface area (Å²) in [7, 11) is 1.62. The minimum Gasteiger partial charge on any atom is -0.489 e. The van der Waals surface area contributed by atoms with E-state index in [2.05, 4.69) is 28.5 Å². The van der Waals surface area contributed by atoms with E-state index in [9.17, 15) is 19.5 Å². The van der Waals surface area contributed by atoms with Crippen molar-refractivity contribution in [3.05, 3.63) is 65.2 Å². The molecule has 3 fully saturated rings. The lowest BCUT2D eigenvalue weighted by Gasteiger charge is -2.52. The molecule has 5 rings (SSSR count). The van der Waals surface area contributed by atoms with E-state index in [1.165, 1.54) is 0 Å². The van der Waals surface area contributed by atoms with Gasteiger partial charge in [-0.25, -0.2) is 0 Å². The first-order valence-electron chi connectivity index (χ1n) is 16.4. The molecule has 2 aliphatic heterocycles. The lowest BCUT2D eigenvalue weighted by molar-refractivity contribution is -0.163. The SMILES string of the molecule is CCCCN1C(=O)[C@@H](CC2(O)CCCCC2)NC(=O)C12CCN(Cc1cccc(OCc3ccc(C(=O)NC)cc3)c1)CC2.Cl. The lowest BCUT2D eigenvalue weighted by Crippen LogP contribution is -2.73. The second kappa shape index (κ2) is 15.4. The fourth-order valence-electron chi connectivity index (χ4n) is 7.08. The molecule has 246 valence electrons. The van der Waals surface area contributed by atoms with Gasteiger partial charge in [-0.15, -0.1) is 12.4 Å². The number of amides is 3. The topological polar surface area (TPSA) is 111 Å². The number of hydrogen-bond acceptors (Lipinski definition) is 6. The molecule has 0 bridgehead atoms. The first-order chi connectivity index (χ1) is 21.2. The molecule has 3 amide bonds. The van der Waals surface area contributed by atoms with E-state index in [0.717, 1.165) is 55.5 Å². The summed E-state index contributed by atoms with van der Waals surface area (Å²) >= 11 is 0. The van der Waals surface area contributed by atoms with E-state index in [0.29, 0.717) is 63.9 Å². The first-order valence-corrected chi connectivity index (χ1v) is 16.4. The summed E-state index contributed by atoms with van der Waals surface area (Å²) in [5.74, 6) is 0.575. The number of carbonyl (C=O) groups excluding carboxylic acids is 3. The monoisotopic (exact) mass is 640 g/mol. The predicted octanol–water partition coefficient (Wildman–Crippen LogP) is 4.59. The quantitative estimate of drug-likeness (QED) is 0.331. The van der Waals surface area contributed by atoms with E-state index < -0.39 is 17.2 Å². The number of aliphatic hydroxyl groups is 1. The van der Waals surface area contributed by atoms with Gasteiger partial charge in [0, 0.05) is 45.2 Å². The van der Waals surface area contributed by atoms with Crippen LogP contribution in [-0.2, 0) is 22.7 Å². The van der Waals surface area contributed by atoms with Crippen molar-refractivity contribution in [1.29, 1.82) is 0 Å². The molecular formula is C35H49ClN4O5. The average molecular weight is 641 g/mol. The smallest absolute Gasteiger partial charge is 0.251 e. The molecule has 2 aromatic carbocycles. The van der Waals surface area contributed by atoms with Crippen LogP contribution in [0.5, 0.6) is 5.75 Å². The number of piperidine rings is 1. The third kappa shape index (κ3) is 8.18. The van der Waals surface area contributed by atoms with Crippen LogP contribution in [0.15, 0.2) is 48.5 Å². The van der Waals surface area contributed by atoms with Crippen molar-refractivity contribution < 1.29 is 24.2 Å². The Bertz CT molecular complexity index is 1310. The van der Waals surface area contributed by atoms with Crippen LogP contribution in [0.1, 0.15) is 92.6 Å². The molecule has 3 aliphatic rings. The summed E-state index contributed by atoms with van der Waals surface area (Å²) < 4.78 is 6.05. The van der Waals surface area contributed by atoms with Crippen LogP contribution in [0, 0.1) is 0 Å². The molecule has 2 aromatic rings. The molecule has 2 heterocycles. The largest absolute Gasteiger partial charge is 0.489 e. The number of halogens is 1. The van der Waals surface area contributed by atoms with Gasteiger partial charge in [-0.2, -0.15) is 0 Å². The second-order valence-corrected chi connectivity index (χ2v) is 12.9. The molecule has 3 N–H and O–H groups in total. The maximum atomic E-state index is 13.9. The van der Waals surface area contributed by atoms with Gasteiger partial charge in [0.15, 0.2) is 0 Å². The molecule has 10 heteroatoms. The molecule has 0 unspecified atom stereocenters. The zero-order chi connectivity index (χ0) is 31.2. The highest BCUT2D eigenvalue weighted by Crippen LogP contribution is 2.37. The van der Waals surface area contributed by atoms with Crippen molar-refractivity contribution in [2.75, 3.05) is 26.7 Å². The molecule has 9 nitrogen and oxygen atoms in total. The number of unbranched alkanes of at least 4 members (excludes halogenated alkanes) is 1. The van der Waals surface area contributed by atoms with Crippen LogP contribution >= 0.6 is 12.4 Å². The van der Waals surface area contributed by atoms with Gasteiger partial charge in [0.2, 0.25) is 11.8 Å². The van der Waals surface area contributed by atoms with Crippen molar-refractivity contribution in [3.8, 4) is 5.75 Å². The third-order valence-corrected chi connectivity index (χ3v) is 9.75. The number of likely N-dealkylation sites (tertiary alicyclic amines) is 1. The van der Waals surface area contributed by atoms with Gasteiger partial charge < -0.3 is 25.4 Å². The number of nitrogens with one attached hydrogen (secondary N) is 2. The fraction of sp³-hybridized carbons (Fsp3) is 0.571. The molecule has 1 atom stereocenters. The predicted molar refractivity (Wildman–Crippen MR) is 176 cm³/mol. The maximum Gasteiger partial charge on any atom is 0.251 e. The highest BCUT2D eigenvalue weighted by Gasteiger charge is 2.54. The van der Waals surface area contributed by atoms with Gasteiger partial charge in [-0.1, -0.05) is 56.9 Å². The Kier molecular flexibility index (Phi) is 11.9. The first kappa shape index (κ1) is 34.7. The fourth-order valence-corrected chi connectivity index (χ4v) is 7.08. The van der Waals surface area contributed by atoms with Crippen molar-refractivity contribution in [2.45, 2.75) is 101 Å². The Morgan fingerprint density at radius 1 is 1.02 bits per heavy atom. The van der Waals surface area contributed by atoms with E-state index in [4.69, 9.17) is 4.74 Å². The van der Waals surface area contributed by atoms with Crippen LogP contribution in [0.25, 0.3) is 0 Å². The Morgan fingerprint density at radius 3 is 2.40 bits per heavy atom. The van der Waals surface area contributed by atoms with Crippen LogP contribution in [0.2, 0.25) is 0 Å². The molecule has 45 heavy (non-hydrogen) atoms. The summed E-state index contributed by atoms with van der Waals surface area (Å²) in [6.45, 7) is 5.23. The van der Waals surface area contributed by atoms with Gasteiger partial charge in [0.1, 0.15) is 23.9 Å². The summed E-state index contributed by atoms with van der Waals surface area (Å²) in [6, 6.07) is 14.8. The minimum absolute atomic E-state index is 0. The van der Waals surface area contributed by atoms with Gasteiger partial charge >= 0.3 is 0 Å². The van der Waals surface area contributed by atoms with E-state index in [-0.39, 0.29) is 30.1 Å².